The first-order valence-electron chi connectivity index (χ1n) is 5.79. The fourth-order valence-electron chi connectivity index (χ4n) is 2.07. The van der Waals surface area contributed by atoms with Gasteiger partial charge in [0.25, 0.3) is 0 Å². The second kappa shape index (κ2) is 5.23. The Hall–Kier alpha value is -0.910. The Morgan fingerprint density at radius 1 is 1.37 bits per heavy atom. The fraction of sp³-hybridized carbons (Fsp3) is 0.231. The molecule has 3 nitrogen and oxygen atoms in total. The van der Waals surface area contributed by atoms with Crippen LogP contribution in [0.1, 0.15) is 16.5 Å². The second-order valence-corrected chi connectivity index (χ2v) is 6.48. The summed E-state index contributed by atoms with van der Waals surface area (Å²) < 4.78 is 3.17. The van der Waals surface area contributed by atoms with Crippen LogP contribution in [0.25, 0.3) is 11.0 Å². The number of fused-ring (bicyclic) bond motifs is 1. The Labute approximate surface area is 128 Å². The molecule has 19 heavy (non-hydrogen) atoms. The molecule has 98 valence electrons. The van der Waals surface area contributed by atoms with Crippen molar-refractivity contribution in [2.45, 2.75) is 19.3 Å². The van der Waals surface area contributed by atoms with Crippen LogP contribution >= 0.6 is 38.9 Å². The van der Waals surface area contributed by atoms with E-state index in [0.717, 1.165) is 32.0 Å². The lowest BCUT2D eigenvalue weighted by atomic mass is 10.3. The van der Waals surface area contributed by atoms with Crippen molar-refractivity contribution < 1.29 is 0 Å². The summed E-state index contributed by atoms with van der Waals surface area (Å²) >= 11 is 11.2. The van der Waals surface area contributed by atoms with Gasteiger partial charge in [-0.05, 0) is 25.1 Å². The van der Waals surface area contributed by atoms with Gasteiger partial charge in [-0.15, -0.1) is 22.9 Å². The van der Waals surface area contributed by atoms with Crippen molar-refractivity contribution >= 4 is 49.9 Å². The second-order valence-electron chi connectivity index (χ2n) is 4.24. The zero-order chi connectivity index (χ0) is 13.4. The number of alkyl halides is 1. The van der Waals surface area contributed by atoms with Gasteiger partial charge in [0.2, 0.25) is 0 Å². The molecule has 0 bridgehead atoms. The number of hydrogen-bond donors (Lipinski definition) is 0. The van der Waals surface area contributed by atoms with Gasteiger partial charge in [0, 0.05) is 9.85 Å². The van der Waals surface area contributed by atoms with Crippen LogP contribution in [0.15, 0.2) is 28.1 Å². The van der Waals surface area contributed by atoms with Crippen molar-refractivity contribution in [1.29, 1.82) is 0 Å². The molecule has 0 amide bonds. The average Bonchev–Trinajstić information content (AvgIpc) is 2.94. The maximum atomic E-state index is 6.00. The molecule has 2 heterocycles. The number of hydrogen-bond acceptors (Lipinski definition) is 3. The Kier molecular flexibility index (Phi) is 3.60. The lowest BCUT2D eigenvalue weighted by Gasteiger charge is -2.05. The molecule has 0 atom stereocenters. The maximum Gasteiger partial charge on any atom is 0.125 e. The molecule has 0 aliphatic rings. The zero-order valence-corrected chi connectivity index (χ0v) is 13.4. The van der Waals surface area contributed by atoms with Crippen LogP contribution in [-0.2, 0) is 12.4 Å². The molecular weight excluding hydrogens is 346 g/mol. The minimum absolute atomic E-state index is 0.398. The molecule has 3 rings (SSSR count). The average molecular weight is 357 g/mol. The van der Waals surface area contributed by atoms with Gasteiger partial charge in [0.15, 0.2) is 0 Å². The van der Waals surface area contributed by atoms with E-state index in [2.05, 4.69) is 41.9 Å². The van der Waals surface area contributed by atoms with E-state index in [1.54, 1.807) is 11.3 Å². The number of nitrogens with zero attached hydrogens (tertiary/aromatic N) is 3. The third-order valence-corrected chi connectivity index (χ3v) is 4.45. The molecule has 1 aromatic carbocycles. The predicted molar refractivity (Wildman–Crippen MR) is 82.9 cm³/mol. The highest BCUT2D eigenvalue weighted by Crippen LogP contribution is 2.23. The molecule has 0 saturated carbocycles. The lowest BCUT2D eigenvalue weighted by molar-refractivity contribution is 0.761. The van der Waals surface area contributed by atoms with E-state index in [0.29, 0.717) is 12.4 Å². The third-order valence-electron chi connectivity index (χ3n) is 2.90. The van der Waals surface area contributed by atoms with Gasteiger partial charge in [-0.25, -0.2) is 9.97 Å². The number of thiazole rings is 1. The normalized spacial score (nSPS) is 11.3. The topological polar surface area (TPSA) is 30.7 Å². The highest BCUT2D eigenvalue weighted by atomic mass is 79.9. The first-order chi connectivity index (χ1) is 9.17. The fourth-order valence-corrected chi connectivity index (χ4v) is 3.22. The van der Waals surface area contributed by atoms with E-state index in [-0.39, 0.29) is 0 Å². The largest absolute Gasteiger partial charge is 0.321 e. The summed E-state index contributed by atoms with van der Waals surface area (Å²) in [6.07, 6.45) is 0. The molecule has 6 heteroatoms. The molecular formula is C13H11BrClN3S. The monoisotopic (exact) mass is 355 g/mol. The predicted octanol–water partition coefficient (Wildman–Crippen LogP) is 4.35. The van der Waals surface area contributed by atoms with Crippen LogP contribution in [0.3, 0.4) is 0 Å². The van der Waals surface area contributed by atoms with Crippen molar-refractivity contribution in [2.24, 2.45) is 0 Å². The number of aryl methyl sites for hydroxylation is 1. The van der Waals surface area contributed by atoms with Crippen LogP contribution in [0.2, 0.25) is 0 Å². The summed E-state index contributed by atoms with van der Waals surface area (Å²) in [6.45, 7) is 2.72. The highest BCUT2D eigenvalue weighted by Gasteiger charge is 2.11. The van der Waals surface area contributed by atoms with E-state index in [1.165, 1.54) is 0 Å². The number of halogens is 2. The van der Waals surface area contributed by atoms with Gasteiger partial charge in [0.05, 0.1) is 34.2 Å². The summed E-state index contributed by atoms with van der Waals surface area (Å²) in [5.41, 5.74) is 3.09. The maximum absolute atomic E-state index is 6.00. The summed E-state index contributed by atoms with van der Waals surface area (Å²) in [5, 5.41) is 3.16. The third kappa shape index (κ3) is 2.55. The number of benzene rings is 1. The minimum Gasteiger partial charge on any atom is -0.321 e. The quantitative estimate of drug-likeness (QED) is 0.653. The van der Waals surface area contributed by atoms with Crippen molar-refractivity contribution in [1.82, 2.24) is 14.5 Å². The molecule has 0 aliphatic heterocycles. The SMILES string of the molecule is Cc1nc(Cn2c(CCl)nc3ccc(Br)cc32)cs1. The molecule has 0 fully saturated rings. The Bertz CT molecular complexity index is 735. The van der Waals surface area contributed by atoms with Crippen LogP contribution < -0.4 is 0 Å². The molecule has 0 unspecified atom stereocenters. The number of imidazole rings is 1. The van der Waals surface area contributed by atoms with E-state index in [4.69, 9.17) is 11.6 Å². The standard InChI is InChI=1S/C13H11BrClN3S/c1-8-16-10(7-19-8)6-18-12-4-9(14)2-3-11(12)17-13(18)5-15/h2-4,7H,5-6H2,1H3. The molecule has 0 spiro atoms. The van der Waals surface area contributed by atoms with E-state index in [9.17, 15) is 0 Å². The summed E-state index contributed by atoms with van der Waals surface area (Å²) in [6, 6.07) is 6.06. The van der Waals surface area contributed by atoms with Gasteiger partial charge in [0.1, 0.15) is 5.82 Å². The van der Waals surface area contributed by atoms with Gasteiger partial charge in [-0.3, -0.25) is 0 Å². The Morgan fingerprint density at radius 3 is 2.89 bits per heavy atom. The first kappa shape index (κ1) is 13.1. The number of rotatable bonds is 3. The lowest BCUT2D eigenvalue weighted by Crippen LogP contribution is -2.04. The van der Waals surface area contributed by atoms with Crippen molar-refractivity contribution in [3.8, 4) is 0 Å². The van der Waals surface area contributed by atoms with E-state index < -0.39 is 0 Å². The zero-order valence-electron chi connectivity index (χ0n) is 10.2. The van der Waals surface area contributed by atoms with Gasteiger partial charge < -0.3 is 4.57 Å². The molecule has 2 aromatic heterocycles. The van der Waals surface area contributed by atoms with E-state index >= 15 is 0 Å². The first-order valence-corrected chi connectivity index (χ1v) is 7.99. The minimum atomic E-state index is 0.398. The van der Waals surface area contributed by atoms with Crippen LogP contribution in [-0.4, -0.2) is 14.5 Å². The summed E-state index contributed by atoms with van der Waals surface area (Å²) in [7, 11) is 0. The van der Waals surface area contributed by atoms with Gasteiger partial charge in [-0.1, -0.05) is 15.9 Å². The molecule has 0 saturated heterocycles. The number of aromatic nitrogens is 3. The molecule has 3 aromatic rings. The Morgan fingerprint density at radius 2 is 2.21 bits per heavy atom. The van der Waals surface area contributed by atoms with Crippen molar-refractivity contribution in [3.63, 3.8) is 0 Å². The Balaban J connectivity index is 2.12. The van der Waals surface area contributed by atoms with Gasteiger partial charge >= 0.3 is 0 Å². The highest BCUT2D eigenvalue weighted by molar-refractivity contribution is 9.10. The van der Waals surface area contributed by atoms with E-state index in [1.807, 2.05) is 19.1 Å². The van der Waals surface area contributed by atoms with Gasteiger partial charge in [-0.2, -0.15) is 0 Å². The summed E-state index contributed by atoms with van der Waals surface area (Å²) in [5.74, 6) is 1.27. The molecule has 0 N–H and O–H groups in total. The van der Waals surface area contributed by atoms with Crippen LogP contribution in [0.4, 0.5) is 0 Å². The van der Waals surface area contributed by atoms with Crippen molar-refractivity contribution in [3.05, 3.63) is 44.6 Å². The van der Waals surface area contributed by atoms with Crippen LogP contribution in [0, 0.1) is 6.92 Å². The molecule has 0 aliphatic carbocycles. The van der Waals surface area contributed by atoms with Crippen LogP contribution in [0.5, 0.6) is 0 Å². The smallest absolute Gasteiger partial charge is 0.125 e. The summed E-state index contributed by atoms with van der Waals surface area (Å²) in [4.78, 5) is 9.07. The molecule has 0 radical (unpaired) electrons. The van der Waals surface area contributed by atoms with Crippen molar-refractivity contribution in [2.75, 3.05) is 0 Å².